The Morgan fingerprint density at radius 2 is 1.89 bits per heavy atom. The topological polar surface area (TPSA) is 93.8 Å². The van der Waals surface area contributed by atoms with E-state index >= 15 is 0 Å². The van der Waals surface area contributed by atoms with Crippen LogP contribution in [0.4, 0.5) is 4.39 Å². The molecule has 2 atom stereocenters. The summed E-state index contributed by atoms with van der Waals surface area (Å²) in [7, 11) is 2.14. The molecule has 1 saturated carbocycles. The molecule has 1 fully saturated rings. The number of carbonyl (C=O) groups excluding carboxylic acids is 1. The number of cyclic esters (lactones) is 1. The summed E-state index contributed by atoms with van der Waals surface area (Å²) in [6.07, 6.45) is 5.40. The van der Waals surface area contributed by atoms with Crippen molar-refractivity contribution in [1.82, 2.24) is 14.0 Å². The van der Waals surface area contributed by atoms with Crippen molar-refractivity contribution in [1.29, 1.82) is 0 Å². The van der Waals surface area contributed by atoms with Crippen LogP contribution in [0.1, 0.15) is 61.4 Å². The zero-order valence-corrected chi connectivity index (χ0v) is 21.6. The van der Waals surface area contributed by atoms with Crippen molar-refractivity contribution in [3.63, 3.8) is 0 Å². The lowest BCUT2D eigenvalue weighted by molar-refractivity contribution is -0.172. The van der Waals surface area contributed by atoms with E-state index in [4.69, 9.17) is 4.74 Å². The number of rotatable bonds is 3. The summed E-state index contributed by atoms with van der Waals surface area (Å²) in [6, 6.07) is 5.04. The first-order valence-electron chi connectivity index (χ1n) is 13.5. The molecule has 0 radical (unpaired) electrons. The van der Waals surface area contributed by atoms with Crippen LogP contribution in [-0.2, 0) is 41.2 Å². The fourth-order valence-corrected chi connectivity index (χ4v) is 7.29. The van der Waals surface area contributed by atoms with Crippen molar-refractivity contribution < 1.29 is 19.0 Å². The molecule has 8 nitrogen and oxygen atoms in total. The van der Waals surface area contributed by atoms with E-state index in [9.17, 15) is 23.9 Å². The number of benzene rings is 1. The minimum atomic E-state index is -1.96. The molecule has 198 valence electrons. The molecule has 1 aromatic carbocycles. The molecule has 2 aromatic heterocycles. The third kappa shape index (κ3) is 3.06. The van der Waals surface area contributed by atoms with Crippen LogP contribution in [0, 0.1) is 5.82 Å². The summed E-state index contributed by atoms with van der Waals surface area (Å²) >= 11 is 0. The first-order chi connectivity index (χ1) is 18.2. The van der Waals surface area contributed by atoms with Crippen molar-refractivity contribution in [3.05, 3.63) is 67.0 Å². The molecule has 3 aliphatic heterocycles. The van der Waals surface area contributed by atoms with Gasteiger partial charge in [-0.2, -0.15) is 0 Å². The van der Waals surface area contributed by atoms with Crippen LogP contribution >= 0.6 is 0 Å². The fourth-order valence-electron chi connectivity index (χ4n) is 7.29. The van der Waals surface area contributed by atoms with Gasteiger partial charge in [0.1, 0.15) is 12.4 Å². The van der Waals surface area contributed by atoms with Gasteiger partial charge in [-0.15, -0.1) is 0 Å². The minimum absolute atomic E-state index is 0.0281. The van der Waals surface area contributed by atoms with E-state index in [1.165, 1.54) is 29.5 Å². The average molecular weight is 520 g/mol. The van der Waals surface area contributed by atoms with Crippen LogP contribution in [-0.4, -0.2) is 44.2 Å². The van der Waals surface area contributed by atoms with Gasteiger partial charge in [0, 0.05) is 29.6 Å². The quantitative estimate of drug-likeness (QED) is 0.419. The van der Waals surface area contributed by atoms with Crippen molar-refractivity contribution in [3.8, 4) is 11.3 Å². The normalized spacial score (nSPS) is 24.0. The molecular formula is C29H30FN3O5. The third-order valence-electron chi connectivity index (χ3n) is 9.44. The van der Waals surface area contributed by atoms with Crippen LogP contribution in [0.5, 0.6) is 0 Å². The summed E-state index contributed by atoms with van der Waals surface area (Å²) < 4.78 is 23.7. The number of pyridine rings is 2. The number of nitrogens with zero attached hydrogens (tertiary/aromatic N) is 3. The van der Waals surface area contributed by atoms with Gasteiger partial charge in [-0.25, -0.2) is 9.18 Å². The summed E-state index contributed by atoms with van der Waals surface area (Å²) in [5, 5.41) is 11.5. The minimum Gasteiger partial charge on any atom is -0.458 e. The number of hydrogen-bond donors (Lipinski definition) is 1. The van der Waals surface area contributed by atoms with Crippen LogP contribution in [0.25, 0.3) is 22.2 Å². The molecule has 0 saturated heterocycles. The Hall–Kier alpha value is -3.30. The fraction of sp³-hybridized carbons (Fsp3) is 0.483. The van der Waals surface area contributed by atoms with E-state index in [0.717, 1.165) is 23.9 Å². The number of likely N-dealkylation sites (N-methyl/N-ethyl adjacent to an activating group) is 1. The number of ether oxygens (including phenoxy) is 1. The van der Waals surface area contributed by atoms with E-state index in [1.807, 2.05) is 0 Å². The van der Waals surface area contributed by atoms with Gasteiger partial charge in [-0.1, -0.05) is 19.8 Å². The highest BCUT2D eigenvalue weighted by Crippen LogP contribution is 2.40. The number of aliphatic hydroxyl groups is 1. The Balaban J connectivity index is 1.47. The molecule has 9 heteroatoms. The molecule has 4 aliphatic rings. The average Bonchev–Trinajstić information content (AvgIpc) is 3.58. The molecule has 1 aliphatic carbocycles. The van der Waals surface area contributed by atoms with Crippen LogP contribution in [0.15, 0.2) is 27.8 Å². The molecule has 7 rings (SSSR count). The highest BCUT2D eigenvalue weighted by Gasteiger charge is 2.46. The SMILES string of the molecule is CC[C@@]1(O)C(=O)OCc2c1cc1n(c2=O)Cc2c-1c(=O)c1cc(F)cc3c1n2CC(N(C)C1CCCC1)C3. The Morgan fingerprint density at radius 1 is 1.13 bits per heavy atom. The van der Waals surface area contributed by atoms with Gasteiger partial charge >= 0.3 is 5.97 Å². The Labute approximate surface area is 218 Å². The summed E-state index contributed by atoms with van der Waals surface area (Å²) in [5.74, 6) is -1.26. The Kier molecular flexibility index (Phi) is 5.07. The summed E-state index contributed by atoms with van der Waals surface area (Å²) in [4.78, 5) is 42.5. The first-order valence-corrected chi connectivity index (χ1v) is 13.5. The van der Waals surface area contributed by atoms with Crippen LogP contribution < -0.4 is 11.0 Å². The third-order valence-corrected chi connectivity index (χ3v) is 9.44. The molecule has 0 bridgehead atoms. The lowest BCUT2D eigenvalue weighted by Gasteiger charge is -2.38. The van der Waals surface area contributed by atoms with Gasteiger partial charge in [-0.3, -0.25) is 14.5 Å². The van der Waals surface area contributed by atoms with Gasteiger partial charge in [0.05, 0.1) is 34.6 Å². The number of carbonyl (C=O) groups is 1. The first kappa shape index (κ1) is 23.8. The molecule has 0 spiro atoms. The number of esters is 1. The van der Waals surface area contributed by atoms with Crippen molar-refractivity contribution >= 4 is 16.9 Å². The standard InChI is InChI=1S/C29H30FN3O5/c1-3-29(37)21-11-22-24-23(13-33(22)27(35)20(21)14-38-28(29)36)32-12-18(31(2)17-6-4-5-7-17)9-15-8-16(30)10-19(25(15)32)26(24)34/h8,10-11,17-18,37H,3-7,9,12-14H2,1-2H3/t18?,29-/m0/s1. The number of fused-ring (bicyclic) bond motifs is 5. The molecule has 38 heavy (non-hydrogen) atoms. The van der Waals surface area contributed by atoms with Crippen molar-refractivity contribution in [2.24, 2.45) is 0 Å². The molecule has 0 amide bonds. The van der Waals surface area contributed by atoms with Gasteiger partial charge in [0.2, 0.25) is 0 Å². The summed E-state index contributed by atoms with van der Waals surface area (Å²) in [6.45, 7) is 2.25. The van der Waals surface area contributed by atoms with Crippen LogP contribution in [0.3, 0.4) is 0 Å². The second kappa shape index (κ2) is 8.10. The maximum Gasteiger partial charge on any atom is 0.343 e. The highest BCUT2D eigenvalue weighted by atomic mass is 19.1. The van der Waals surface area contributed by atoms with E-state index in [-0.39, 0.29) is 47.7 Å². The Morgan fingerprint density at radius 3 is 2.63 bits per heavy atom. The van der Waals surface area contributed by atoms with Crippen molar-refractivity contribution in [2.75, 3.05) is 7.05 Å². The zero-order chi connectivity index (χ0) is 26.5. The highest BCUT2D eigenvalue weighted by molar-refractivity contribution is 5.90. The van der Waals surface area contributed by atoms with E-state index < -0.39 is 17.4 Å². The lowest BCUT2D eigenvalue weighted by Crippen LogP contribution is -2.45. The molecular weight excluding hydrogens is 489 g/mol. The van der Waals surface area contributed by atoms with Crippen molar-refractivity contribution in [2.45, 2.75) is 82.8 Å². The van der Waals surface area contributed by atoms with E-state index in [1.54, 1.807) is 13.0 Å². The van der Waals surface area contributed by atoms with Gasteiger partial charge in [0.25, 0.3) is 5.56 Å². The number of hydrogen-bond acceptors (Lipinski definition) is 6. The largest absolute Gasteiger partial charge is 0.458 e. The van der Waals surface area contributed by atoms with E-state index in [2.05, 4.69) is 16.5 Å². The predicted octanol–water partition coefficient (Wildman–Crippen LogP) is 2.78. The molecule has 1 unspecified atom stereocenters. The lowest BCUT2D eigenvalue weighted by atomic mass is 9.85. The van der Waals surface area contributed by atoms with Gasteiger partial charge in [0.15, 0.2) is 11.0 Å². The maximum absolute atomic E-state index is 14.9. The number of aromatic nitrogens is 2. The van der Waals surface area contributed by atoms with Gasteiger partial charge < -0.3 is 19.0 Å². The van der Waals surface area contributed by atoms with Gasteiger partial charge in [-0.05, 0) is 56.5 Å². The molecule has 3 aromatic rings. The van der Waals surface area contributed by atoms with Crippen LogP contribution in [0.2, 0.25) is 0 Å². The van der Waals surface area contributed by atoms with E-state index in [0.29, 0.717) is 41.3 Å². The Bertz CT molecular complexity index is 1670. The summed E-state index contributed by atoms with van der Waals surface area (Å²) in [5.41, 5.74) is 0.707. The maximum atomic E-state index is 14.9. The number of halogens is 1. The zero-order valence-electron chi connectivity index (χ0n) is 21.6. The molecule has 5 heterocycles. The smallest absolute Gasteiger partial charge is 0.343 e. The monoisotopic (exact) mass is 519 g/mol. The second-order valence-corrected chi connectivity index (χ2v) is 11.3. The molecule has 1 N–H and O–H groups in total. The second-order valence-electron chi connectivity index (χ2n) is 11.3. The predicted molar refractivity (Wildman–Crippen MR) is 138 cm³/mol.